The van der Waals surface area contributed by atoms with Crippen LogP contribution in [-0.4, -0.2) is 70.9 Å². The highest BCUT2D eigenvalue weighted by molar-refractivity contribution is 5.88. The Morgan fingerprint density at radius 2 is 1.86 bits per heavy atom. The molecule has 0 amide bonds. The number of fused-ring (bicyclic) bond motifs is 2. The van der Waals surface area contributed by atoms with Crippen LogP contribution in [0.5, 0.6) is 5.88 Å². The zero-order valence-corrected chi connectivity index (χ0v) is 21.6. The molecule has 2 aliphatic heterocycles. The van der Waals surface area contributed by atoms with Crippen molar-refractivity contribution in [2.24, 2.45) is 5.92 Å². The lowest BCUT2D eigenvalue weighted by Gasteiger charge is -2.46. The summed E-state index contributed by atoms with van der Waals surface area (Å²) in [4.78, 5) is 12.1. The molecule has 0 bridgehead atoms. The Morgan fingerprint density at radius 3 is 2.63 bits per heavy atom. The summed E-state index contributed by atoms with van der Waals surface area (Å²) in [5.41, 5.74) is 2.10. The summed E-state index contributed by atoms with van der Waals surface area (Å²) in [7, 11) is 0. The van der Waals surface area contributed by atoms with Crippen LogP contribution in [0.15, 0.2) is 47.1 Å². The smallest absolute Gasteiger partial charge is 0.213 e. The number of nitrogens with zero attached hydrogens (tertiary/aromatic N) is 5. The topological polar surface area (TPSA) is 57.9 Å². The van der Waals surface area contributed by atoms with Crippen LogP contribution in [0, 0.1) is 5.92 Å². The van der Waals surface area contributed by atoms with Gasteiger partial charge in [0, 0.05) is 69.0 Å². The molecular weight excluding hydrogens is 438 g/mol. The Labute approximate surface area is 209 Å². The minimum atomic E-state index is 0.512. The monoisotopic (exact) mass is 477 g/mol. The van der Waals surface area contributed by atoms with Gasteiger partial charge in [-0.25, -0.2) is 4.98 Å². The van der Waals surface area contributed by atoms with Crippen LogP contribution in [0.3, 0.4) is 0 Å². The average molecular weight is 478 g/mol. The van der Waals surface area contributed by atoms with Crippen molar-refractivity contribution >= 4 is 16.8 Å². The second kappa shape index (κ2) is 10.5. The number of hydrogen-bond acceptors (Lipinski definition) is 7. The highest BCUT2D eigenvalue weighted by atomic mass is 16.5. The van der Waals surface area contributed by atoms with E-state index in [2.05, 4.69) is 70.7 Å². The average Bonchev–Trinajstić information content (AvgIpc) is 3.30. The molecule has 5 rings (SSSR count). The molecule has 2 fully saturated rings. The molecule has 0 N–H and O–H groups in total. The Bertz CT molecular complexity index is 1090. The molecular formula is C28H39N5O2. The van der Waals surface area contributed by atoms with Gasteiger partial charge in [-0.2, -0.15) is 0 Å². The van der Waals surface area contributed by atoms with E-state index in [1.165, 1.54) is 18.4 Å². The number of para-hydroxylation sites is 1. The number of piperazine rings is 1. The Balaban J connectivity index is 1.11. The maximum absolute atomic E-state index is 6.12. The van der Waals surface area contributed by atoms with Gasteiger partial charge in [0.05, 0.1) is 12.0 Å². The first-order valence-electron chi connectivity index (χ1n) is 13.1. The van der Waals surface area contributed by atoms with Gasteiger partial charge in [-0.15, -0.1) is 0 Å². The first-order valence-corrected chi connectivity index (χ1v) is 13.1. The highest BCUT2D eigenvalue weighted by Crippen LogP contribution is 2.31. The minimum absolute atomic E-state index is 0.512. The lowest BCUT2D eigenvalue weighted by atomic mass is 9.91. The third-order valence-electron chi connectivity index (χ3n) is 7.62. The molecule has 0 saturated carbocycles. The summed E-state index contributed by atoms with van der Waals surface area (Å²) in [6.45, 7) is 14.8. The Morgan fingerprint density at radius 1 is 1.03 bits per heavy atom. The maximum Gasteiger partial charge on any atom is 0.213 e. The second-order valence-corrected chi connectivity index (χ2v) is 10.7. The molecule has 188 valence electrons. The van der Waals surface area contributed by atoms with Crippen molar-refractivity contribution in [1.29, 1.82) is 0 Å². The van der Waals surface area contributed by atoms with E-state index in [1.54, 1.807) is 0 Å². The number of pyridine rings is 1. The molecule has 2 saturated heterocycles. The summed E-state index contributed by atoms with van der Waals surface area (Å²) < 4.78 is 11.7. The van der Waals surface area contributed by atoms with Crippen LogP contribution >= 0.6 is 0 Å². The molecule has 2 aliphatic rings. The molecule has 7 nitrogen and oxygen atoms in total. The first-order chi connectivity index (χ1) is 17.0. The van der Waals surface area contributed by atoms with Crippen LogP contribution in [0.2, 0.25) is 0 Å². The lowest BCUT2D eigenvalue weighted by Crippen LogP contribution is -2.57. The molecule has 0 aliphatic carbocycles. The maximum atomic E-state index is 6.12. The highest BCUT2D eigenvalue weighted by Gasteiger charge is 2.34. The number of aromatic nitrogens is 2. The largest absolute Gasteiger partial charge is 0.477 e. The quantitative estimate of drug-likeness (QED) is 0.461. The van der Waals surface area contributed by atoms with E-state index in [0.29, 0.717) is 24.0 Å². The number of hydrogen-bond donors (Lipinski definition) is 0. The van der Waals surface area contributed by atoms with Crippen molar-refractivity contribution in [1.82, 2.24) is 19.9 Å². The molecule has 4 heterocycles. The predicted molar refractivity (Wildman–Crippen MR) is 140 cm³/mol. The van der Waals surface area contributed by atoms with Crippen molar-refractivity contribution in [2.75, 3.05) is 37.7 Å². The summed E-state index contributed by atoms with van der Waals surface area (Å²) in [6, 6.07) is 13.9. The fourth-order valence-electron chi connectivity index (χ4n) is 5.65. The van der Waals surface area contributed by atoms with Gasteiger partial charge in [0.2, 0.25) is 5.88 Å². The van der Waals surface area contributed by atoms with Gasteiger partial charge >= 0.3 is 0 Å². The predicted octanol–water partition coefficient (Wildman–Crippen LogP) is 4.82. The van der Waals surface area contributed by atoms with Crippen LogP contribution in [0.25, 0.3) is 11.0 Å². The molecule has 0 radical (unpaired) electrons. The molecule has 1 aromatic carbocycles. The van der Waals surface area contributed by atoms with Gasteiger partial charge in [0.15, 0.2) is 11.4 Å². The Hall–Kier alpha value is -2.64. The fraction of sp³-hybridized carbons (Fsp3) is 0.571. The van der Waals surface area contributed by atoms with E-state index >= 15 is 0 Å². The van der Waals surface area contributed by atoms with Gasteiger partial charge in [-0.3, -0.25) is 9.80 Å². The van der Waals surface area contributed by atoms with Gasteiger partial charge in [-0.05, 0) is 58.2 Å². The molecule has 0 spiro atoms. The van der Waals surface area contributed by atoms with E-state index < -0.39 is 0 Å². The standard InChI is InChI=1S/C28H39N5O2/c1-20(2)33(21(3)4)17-22-10-12-27(29-15-22)34-19-23-9-11-24-18-32(14-13-31(24)16-23)28-25-7-5-6-8-26(25)35-30-28/h5-8,10,12,15,20-21,23-24H,9,11,13-14,16-19H2,1-4H3/t23-,24+/m1/s1. The summed E-state index contributed by atoms with van der Waals surface area (Å²) in [5.74, 6) is 2.27. The molecule has 2 atom stereocenters. The van der Waals surface area contributed by atoms with Crippen molar-refractivity contribution < 1.29 is 9.26 Å². The van der Waals surface area contributed by atoms with Crippen LogP contribution in [0.4, 0.5) is 5.82 Å². The fourth-order valence-corrected chi connectivity index (χ4v) is 5.65. The van der Waals surface area contributed by atoms with Crippen LogP contribution in [0.1, 0.15) is 46.1 Å². The van der Waals surface area contributed by atoms with Crippen molar-refractivity contribution in [3.63, 3.8) is 0 Å². The Kier molecular flexibility index (Phi) is 7.25. The SMILES string of the molecule is CC(C)N(Cc1ccc(OC[C@@H]2CC[C@H]3CN(c4noc5ccccc45)CCN3C2)nc1)C(C)C. The van der Waals surface area contributed by atoms with Gasteiger partial charge in [-0.1, -0.05) is 23.4 Å². The number of anilines is 1. The number of ether oxygens (including phenoxy) is 1. The van der Waals surface area contributed by atoms with Crippen LogP contribution in [-0.2, 0) is 6.54 Å². The summed E-state index contributed by atoms with van der Waals surface area (Å²) >= 11 is 0. The van der Waals surface area contributed by atoms with E-state index in [9.17, 15) is 0 Å². The molecule has 0 unspecified atom stereocenters. The molecule has 7 heteroatoms. The number of rotatable bonds is 8. The van der Waals surface area contributed by atoms with Crippen LogP contribution < -0.4 is 9.64 Å². The zero-order valence-electron chi connectivity index (χ0n) is 21.6. The normalized spacial score (nSPS) is 21.3. The first kappa shape index (κ1) is 24.1. The third kappa shape index (κ3) is 5.46. The molecule has 3 aromatic rings. The van der Waals surface area contributed by atoms with Gasteiger partial charge < -0.3 is 14.2 Å². The number of benzene rings is 1. The van der Waals surface area contributed by atoms with E-state index in [1.807, 2.05) is 24.4 Å². The minimum Gasteiger partial charge on any atom is -0.477 e. The molecule has 2 aromatic heterocycles. The zero-order chi connectivity index (χ0) is 24.4. The van der Waals surface area contributed by atoms with E-state index in [4.69, 9.17) is 9.26 Å². The van der Waals surface area contributed by atoms with Gasteiger partial charge in [0.1, 0.15) is 0 Å². The third-order valence-corrected chi connectivity index (χ3v) is 7.62. The van der Waals surface area contributed by atoms with Crippen molar-refractivity contribution in [3.8, 4) is 5.88 Å². The summed E-state index contributed by atoms with van der Waals surface area (Å²) in [5, 5.41) is 5.49. The van der Waals surface area contributed by atoms with Crippen molar-refractivity contribution in [2.45, 2.75) is 65.2 Å². The second-order valence-electron chi connectivity index (χ2n) is 10.7. The molecule has 35 heavy (non-hydrogen) atoms. The lowest BCUT2D eigenvalue weighted by molar-refractivity contribution is 0.0716. The number of piperidine rings is 1. The van der Waals surface area contributed by atoms with Crippen molar-refractivity contribution in [3.05, 3.63) is 48.2 Å². The van der Waals surface area contributed by atoms with Gasteiger partial charge in [0.25, 0.3) is 0 Å². The van der Waals surface area contributed by atoms with E-state index in [0.717, 1.165) is 62.0 Å². The van der Waals surface area contributed by atoms with E-state index in [-0.39, 0.29) is 0 Å². The summed E-state index contributed by atoms with van der Waals surface area (Å²) in [6.07, 6.45) is 4.34.